The van der Waals surface area contributed by atoms with Crippen LogP contribution in [-0.4, -0.2) is 6.98 Å². The summed E-state index contributed by atoms with van der Waals surface area (Å²) < 4.78 is 38.1. The zero-order valence-electron chi connectivity index (χ0n) is 10.2. The molecule has 0 fully saturated rings. The van der Waals surface area contributed by atoms with Crippen molar-refractivity contribution >= 4 is 29.6 Å². The molecule has 0 aliphatic rings. The minimum absolute atomic E-state index is 0. The van der Waals surface area contributed by atoms with Crippen LogP contribution in [0.5, 0.6) is 0 Å². The molecule has 0 amide bonds. The smallest absolute Gasteiger partial charge is 0.449 e. The average molecular weight is 381 g/mol. The fraction of sp³-hybridized carbons (Fsp3) is 0.400. The molecule has 0 saturated carbocycles. The van der Waals surface area contributed by atoms with Gasteiger partial charge in [-0.05, 0) is 53.1 Å². The minimum atomic E-state index is -4.79. The van der Waals surface area contributed by atoms with E-state index >= 15 is 0 Å². The molecular weight excluding hydrogens is 368 g/mol. The molecule has 0 aliphatic heterocycles. The zero-order valence-corrected chi connectivity index (χ0v) is 15.4. The number of rotatable bonds is 3. The van der Waals surface area contributed by atoms with Crippen LogP contribution in [0.4, 0.5) is 12.9 Å². The SMILES string of the molecule is Cc1c(CN)cc(C[B-](F)(F)F)c(C)c1I.[K+]. The largest absolute Gasteiger partial charge is 1.00 e. The van der Waals surface area contributed by atoms with E-state index in [2.05, 4.69) is 22.6 Å². The van der Waals surface area contributed by atoms with Crippen LogP contribution in [-0.2, 0) is 12.9 Å². The molecule has 1 aromatic rings. The molecule has 0 unspecified atom stereocenters. The topological polar surface area (TPSA) is 26.0 Å². The molecule has 90 valence electrons. The third-order valence-electron chi connectivity index (χ3n) is 2.64. The van der Waals surface area contributed by atoms with Gasteiger partial charge in [-0.25, -0.2) is 0 Å². The van der Waals surface area contributed by atoms with E-state index in [0.29, 0.717) is 5.56 Å². The van der Waals surface area contributed by atoms with Crippen molar-refractivity contribution in [2.24, 2.45) is 5.73 Å². The molecule has 0 atom stereocenters. The van der Waals surface area contributed by atoms with Crippen molar-refractivity contribution in [3.63, 3.8) is 0 Å². The van der Waals surface area contributed by atoms with Crippen LogP contribution in [0.2, 0.25) is 0 Å². The molecule has 1 rings (SSSR count). The van der Waals surface area contributed by atoms with Crippen LogP contribution >= 0.6 is 22.6 Å². The van der Waals surface area contributed by atoms with Gasteiger partial charge in [0.2, 0.25) is 0 Å². The van der Waals surface area contributed by atoms with Gasteiger partial charge in [0, 0.05) is 10.1 Å². The Balaban J connectivity index is 0.00000256. The van der Waals surface area contributed by atoms with Crippen molar-refractivity contribution in [3.05, 3.63) is 31.9 Å². The average Bonchev–Trinajstić information content (AvgIpc) is 2.17. The Morgan fingerprint density at radius 2 is 1.65 bits per heavy atom. The number of halogens is 4. The summed E-state index contributed by atoms with van der Waals surface area (Å²) in [6, 6.07) is 1.59. The Morgan fingerprint density at radius 3 is 2.06 bits per heavy atom. The summed E-state index contributed by atoms with van der Waals surface area (Å²) in [5.41, 5.74) is 8.37. The van der Waals surface area contributed by atoms with Gasteiger partial charge in [0.05, 0.1) is 0 Å². The Morgan fingerprint density at radius 1 is 1.18 bits per heavy atom. The van der Waals surface area contributed by atoms with E-state index in [1.54, 1.807) is 13.0 Å². The quantitative estimate of drug-likeness (QED) is 0.592. The van der Waals surface area contributed by atoms with Crippen molar-refractivity contribution in [1.29, 1.82) is 0 Å². The fourth-order valence-corrected chi connectivity index (χ4v) is 2.36. The first-order valence-electron chi connectivity index (χ1n) is 4.94. The molecule has 0 bridgehead atoms. The fourth-order valence-electron chi connectivity index (χ4n) is 1.66. The molecule has 0 aromatic heterocycles. The second-order valence-corrected chi connectivity index (χ2v) is 4.96. The van der Waals surface area contributed by atoms with Gasteiger partial charge < -0.3 is 18.7 Å². The summed E-state index contributed by atoms with van der Waals surface area (Å²) in [5.74, 6) is 0. The molecule has 1 nitrogen and oxygen atoms in total. The van der Waals surface area contributed by atoms with Gasteiger partial charge in [-0.3, -0.25) is 0 Å². The third-order valence-corrected chi connectivity index (χ3v) is 4.26. The first-order valence-corrected chi connectivity index (χ1v) is 6.02. The maximum atomic E-state index is 12.4. The van der Waals surface area contributed by atoms with E-state index in [4.69, 9.17) is 5.73 Å². The number of nitrogens with two attached hydrogens (primary N) is 1. The third kappa shape index (κ3) is 5.12. The van der Waals surface area contributed by atoms with E-state index in [-0.39, 0.29) is 57.9 Å². The number of hydrogen-bond donors (Lipinski definition) is 1. The second-order valence-electron chi connectivity index (χ2n) is 3.88. The van der Waals surface area contributed by atoms with Crippen molar-refractivity contribution in [1.82, 2.24) is 0 Å². The minimum Gasteiger partial charge on any atom is -0.449 e. The zero-order chi connectivity index (χ0) is 12.5. The summed E-state index contributed by atoms with van der Waals surface area (Å²) in [4.78, 5) is 0. The summed E-state index contributed by atoms with van der Waals surface area (Å²) in [6.07, 6.45) is -0.824. The molecule has 2 N–H and O–H groups in total. The van der Waals surface area contributed by atoms with Crippen molar-refractivity contribution in [2.45, 2.75) is 26.7 Å². The first-order chi connectivity index (χ1) is 7.26. The predicted molar refractivity (Wildman–Crippen MR) is 69.3 cm³/mol. The Hall–Kier alpha value is 1.40. The van der Waals surface area contributed by atoms with Crippen LogP contribution < -0.4 is 57.1 Å². The second kappa shape index (κ2) is 7.25. The Bertz CT molecular complexity index is 410. The van der Waals surface area contributed by atoms with Crippen LogP contribution in [0, 0.1) is 17.4 Å². The van der Waals surface area contributed by atoms with Gasteiger partial charge in [0.25, 0.3) is 0 Å². The maximum absolute atomic E-state index is 12.4. The monoisotopic (exact) mass is 381 g/mol. The van der Waals surface area contributed by atoms with Crippen molar-refractivity contribution in [2.75, 3.05) is 0 Å². The van der Waals surface area contributed by atoms with Crippen LogP contribution in [0.25, 0.3) is 0 Å². The molecule has 17 heavy (non-hydrogen) atoms. The van der Waals surface area contributed by atoms with Crippen LogP contribution in [0.1, 0.15) is 22.3 Å². The van der Waals surface area contributed by atoms with Gasteiger partial charge in [-0.15, -0.1) is 0 Å². The molecule has 0 saturated heterocycles. The molecule has 1 aromatic carbocycles. The summed E-state index contributed by atoms with van der Waals surface area (Å²) in [6.45, 7) is -0.897. The van der Waals surface area contributed by atoms with E-state index in [0.717, 1.165) is 20.3 Å². The Labute approximate surface area is 156 Å². The van der Waals surface area contributed by atoms with E-state index in [9.17, 15) is 12.9 Å². The van der Waals surface area contributed by atoms with Gasteiger partial charge in [-0.1, -0.05) is 17.9 Å². The van der Waals surface area contributed by atoms with Crippen LogP contribution in [0.15, 0.2) is 6.07 Å². The molecular formula is C10H13BF3IKN. The molecule has 0 aliphatic carbocycles. The van der Waals surface area contributed by atoms with Crippen molar-refractivity contribution < 1.29 is 64.3 Å². The van der Waals surface area contributed by atoms with E-state index in [1.807, 2.05) is 6.92 Å². The van der Waals surface area contributed by atoms with Gasteiger partial charge in [-0.2, -0.15) is 0 Å². The van der Waals surface area contributed by atoms with E-state index < -0.39 is 13.3 Å². The predicted octanol–water partition coefficient (Wildman–Crippen LogP) is 0.300. The normalized spacial score (nSPS) is 11.2. The Kier molecular flexibility index (Phi) is 7.85. The molecule has 0 radical (unpaired) electrons. The summed E-state index contributed by atoms with van der Waals surface area (Å²) in [5, 5.41) is 0. The maximum Gasteiger partial charge on any atom is 1.00 e. The number of benzene rings is 1. The first kappa shape index (κ1) is 18.4. The number of hydrogen-bond acceptors (Lipinski definition) is 1. The summed E-state index contributed by atoms with van der Waals surface area (Å²) in [7, 11) is 0. The van der Waals surface area contributed by atoms with E-state index in [1.165, 1.54) is 0 Å². The molecule has 7 heteroatoms. The van der Waals surface area contributed by atoms with Gasteiger partial charge in [0.1, 0.15) is 0 Å². The van der Waals surface area contributed by atoms with Gasteiger partial charge >= 0.3 is 58.4 Å². The molecule has 0 spiro atoms. The van der Waals surface area contributed by atoms with Crippen LogP contribution in [0.3, 0.4) is 0 Å². The van der Waals surface area contributed by atoms with Gasteiger partial charge in [0.15, 0.2) is 0 Å². The molecule has 0 heterocycles. The standard InChI is InChI=1S/C10H13BF3IN.K/c1-6-8(4-11(12,13)14)3-9(5-16)7(2)10(6)15;/h3H,4-5,16H2,1-2H3;/q-1;+1. The summed E-state index contributed by atoms with van der Waals surface area (Å²) >= 11 is 2.08. The van der Waals surface area contributed by atoms with Crippen molar-refractivity contribution in [3.8, 4) is 0 Å².